The lowest BCUT2D eigenvalue weighted by Crippen LogP contribution is -2.61. The zero-order valence-corrected chi connectivity index (χ0v) is 37.5. The molecule has 5 rings (SSSR count). The van der Waals surface area contributed by atoms with Crippen LogP contribution < -0.4 is 11.1 Å². The highest BCUT2D eigenvalue weighted by atomic mass is 16.7. The molecule has 3 fully saturated rings. The van der Waals surface area contributed by atoms with Gasteiger partial charge in [0.05, 0.1) is 35.7 Å². The number of rotatable bonds is 12. The SMILES string of the molecule is CC[C@H]1OC(=O)[C@H](C)C(=O)[C@H](C)[C@@H](O[C@@H]2OC(C)CC(N(C)C)C2O)[C@](C)(OC)C[C@@H](C)CN[C@H](C)[C@H]2N(CCCCCn3cc(-c4cccc(N)n4)nn3)C(=O)O[C@]12C. The highest BCUT2D eigenvalue weighted by Crippen LogP contribution is 2.40. The molecule has 2 aromatic heterocycles. The molecule has 336 valence electrons. The third-order valence-electron chi connectivity index (χ3n) is 12.9. The van der Waals surface area contributed by atoms with E-state index in [-0.39, 0.29) is 24.1 Å². The number of carbonyl (C=O) groups excluding carboxylic acids is 3. The van der Waals surface area contributed by atoms with E-state index in [1.165, 1.54) is 6.92 Å². The zero-order valence-electron chi connectivity index (χ0n) is 37.5. The predicted molar refractivity (Wildman–Crippen MR) is 224 cm³/mol. The highest BCUT2D eigenvalue weighted by Gasteiger charge is 2.58. The molecule has 0 bridgehead atoms. The summed E-state index contributed by atoms with van der Waals surface area (Å²) >= 11 is 0. The fourth-order valence-electron chi connectivity index (χ4n) is 9.51. The van der Waals surface area contributed by atoms with Crippen molar-refractivity contribution >= 4 is 23.7 Å². The number of nitrogens with one attached hydrogen (secondary N) is 1. The summed E-state index contributed by atoms with van der Waals surface area (Å²) in [6.45, 7) is 16.5. The zero-order chi connectivity index (χ0) is 44.1. The summed E-state index contributed by atoms with van der Waals surface area (Å²) in [5.74, 6) is -2.74. The van der Waals surface area contributed by atoms with E-state index in [4.69, 9.17) is 29.4 Å². The molecule has 0 spiro atoms. The van der Waals surface area contributed by atoms with Gasteiger partial charge in [-0.25, -0.2) is 9.78 Å². The minimum Gasteiger partial charge on any atom is -0.458 e. The number of esters is 1. The molecular formula is C43H70N8O9. The number of hydrogen-bond donors (Lipinski definition) is 3. The monoisotopic (exact) mass is 843 g/mol. The first kappa shape index (κ1) is 47.3. The summed E-state index contributed by atoms with van der Waals surface area (Å²) < 4.78 is 33.3. The van der Waals surface area contributed by atoms with E-state index < -0.39 is 71.5 Å². The summed E-state index contributed by atoms with van der Waals surface area (Å²) in [6.07, 6.45) is 1.11. The summed E-state index contributed by atoms with van der Waals surface area (Å²) in [6, 6.07) is 4.36. The highest BCUT2D eigenvalue weighted by molar-refractivity contribution is 6.00. The van der Waals surface area contributed by atoms with Crippen LogP contribution in [0.4, 0.5) is 10.6 Å². The van der Waals surface area contributed by atoms with Crippen LogP contribution in [0.5, 0.6) is 0 Å². The number of anilines is 1. The lowest BCUT2D eigenvalue weighted by molar-refractivity contribution is -0.295. The second kappa shape index (κ2) is 20.0. The van der Waals surface area contributed by atoms with Crippen LogP contribution in [-0.4, -0.2) is 147 Å². The summed E-state index contributed by atoms with van der Waals surface area (Å²) in [5.41, 5.74) is 4.87. The van der Waals surface area contributed by atoms with Gasteiger partial charge < -0.3 is 44.7 Å². The van der Waals surface area contributed by atoms with Crippen molar-refractivity contribution in [1.29, 1.82) is 0 Å². The van der Waals surface area contributed by atoms with Gasteiger partial charge in [0.2, 0.25) is 0 Å². The number of fused-ring (bicyclic) bond motifs is 1. The Balaban J connectivity index is 1.35. The molecule has 3 aliphatic rings. The van der Waals surface area contributed by atoms with Crippen molar-refractivity contribution in [3.05, 3.63) is 24.4 Å². The number of Topliss-reactive ketones (excluding diaryl/α,β-unsaturated/α-hetero) is 1. The molecule has 2 aromatic rings. The molecule has 3 unspecified atom stereocenters. The molecule has 1 amide bonds. The molecule has 5 heterocycles. The number of nitrogens with two attached hydrogens (primary N) is 1. The predicted octanol–water partition coefficient (Wildman–Crippen LogP) is 4.07. The molecule has 17 heteroatoms. The summed E-state index contributed by atoms with van der Waals surface area (Å²) in [5, 5.41) is 23.6. The van der Waals surface area contributed by atoms with Gasteiger partial charge in [-0.05, 0) is 112 Å². The Kier molecular flexibility index (Phi) is 15.7. The fourth-order valence-corrected chi connectivity index (χ4v) is 9.51. The number of aliphatic hydroxyl groups is 1. The van der Waals surface area contributed by atoms with Gasteiger partial charge in [0.1, 0.15) is 29.6 Å². The molecular weight excluding hydrogens is 773 g/mol. The standard InChI is InChI=1S/C43H70N8O9/c1-12-33-43(8)37(51(41(55)60-43)20-15-13-14-19-50-24-31(47-48-50)30-17-16-18-34(44)46-30)29(6)45-23-25(2)22-42(7,56-11)38(27(4)35(52)28(5)39(54)58-33)59-40-36(53)32(49(9)10)21-26(3)57-40/h16-18,24-29,32-33,36-38,40,45,53H,12-15,19-23H2,1-11H3,(H2,44,46)/t25-,26?,27+,28-,29-,32?,33-,36?,37-,38-,40+,42-,43-/m1/s1. The molecule has 0 aromatic carbocycles. The minimum absolute atomic E-state index is 0.0103. The first-order valence-corrected chi connectivity index (χ1v) is 21.6. The minimum atomic E-state index is -1.22. The maximum atomic E-state index is 14.4. The van der Waals surface area contributed by atoms with Crippen molar-refractivity contribution in [2.24, 2.45) is 17.8 Å². The third-order valence-corrected chi connectivity index (χ3v) is 12.9. The molecule has 3 saturated heterocycles. The van der Waals surface area contributed by atoms with E-state index >= 15 is 0 Å². The average molecular weight is 843 g/mol. The maximum Gasteiger partial charge on any atom is 0.410 e. The van der Waals surface area contributed by atoms with Crippen LogP contribution in [0, 0.1) is 17.8 Å². The fraction of sp³-hybridized carbons (Fsp3) is 0.767. The van der Waals surface area contributed by atoms with Crippen molar-refractivity contribution in [1.82, 2.24) is 35.1 Å². The van der Waals surface area contributed by atoms with Crippen LogP contribution in [0.3, 0.4) is 0 Å². The normalized spacial score (nSPS) is 36.0. The smallest absolute Gasteiger partial charge is 0.410 e. The van der Waals surface area contributed by atoms with Crippen LogP contribution in [0.2, 0.25) is 0 Å². The van der Waals surface area contributed by atoms with E-state index in [0.29, 0.717) is 62.5 Å². The number of pyridine rings is 1. The van der Waals surface area contributed by atoms with Gasteiger partial charge in [-0.15, -0.1) is 5.10 Å². The van der Waals surface area contributed by atoms with E-state index in [2.05, 4.69) is 27.5 Å². The number of carbonyl (C=O) groups is 3. The number of nitrogen functional groups attached to an aromatic ring is 1. The first-order chi connectivity index (χ1) is 28.3. The van der Waals surface area contributed by atoms with Gasteiger partial charge in [-0.1, -0.05) is 32.1 Å². The molecule has 3 aliphatic heterocycles. The molecule has 0 aliphatic carbocycles. The molecule has 0 radical (unpaired) electrons. The Hall–Kier alpha value is -3.74. The van der Waals surface area contributed by atoms with E-state index in [1.807, 2.05) is 71.9 Å². The van der Waals surface area contributed by atoms with Gasteiger partial charge >= 0.3 is 12.1 Å². The lowest BCUT2D eigenvalue weighted by atomic mass is 9.78. The second-order valence-corrected chi connectivity index (χ2v) is 18.0. The largest absolute Gasteiger partial charge is 0.458 e. The van der Waals surface area contributed by atoms with Crippen LogP contribution in [-0.2, 0) is 39.8 Å². The van der Waals surface area contributed by atoms with Gasteiger partial charge in [-0.3, -0.25) is 19.2 Å². The number of ketones is 1. The maximum absolute atomic E-state index is 14.4. The molecule has 17 nitrogen and oxygen atoms in total. The third kappa shape index (κ3) is 10.5. The second-order valence-electron chi connectivity index (χ2n) is 18.0. The van der Waals surface area contributed by atoms with Gasteiger partial charge in [0, 0.05) is 38.2 Å². The van der Waals surface area contributed by atoms with Crippen LogP contribution in [0.1, 0.15) is 93.9 Å². The van der Waals surface area contributed by atoms with Crippen LogP contribution >= 0.6 is 0 Å². The van der Waals surface area contributed by atoms with Crippen molar-refractivity contribution in [3.8, 4) is 11.4 Å². The number of unbranched alkanes of at least 4 members (excludes halogenated alkanes) is 2. The quantitative estimate of drug-likeness (QED) is 0.157. The Bertz CT molecular complexity index is 1760. The number of aryl methyl sites for hydroxylation is 1. The summed E-state index contributed by atoms with van der Waals surface area (Å²) in [7, 11) is 5.39. The number of hydrogen-bond acceptors (Lipinski definition) is 15. The lowest BCUT2D eigenvalue weighted by Gasteiger charge is -2.46. The van der Waals surface area contributed by atoms with Crippen molar-refractivity contribution in [2.75, 3.05) is 40.0 Å². The van der Waals surface area contributed by atoms with Gasteiger partial charge in [-0.2, -0.15) is 0 Å². The average Bonchev–Trinajstić information content (AvgIpc) is 3.78. The van der Waals surface area contributed by atoms with Crippen LogP contribution in [0.15, 0.2) is 24.4 Å². The van der Waals surface area contributed by atoms with Gasteiger partial charge in [0.15, 0.2) is 17.7 Å². The van der Waals surface area contributed by atoms with Crippen molar-refractivity contribution in [2.45, 2.75) is 160 Å². The van der Waals surface area contributed by atoms with E-state index in [0.717, 1.165) is 12.8 Å². The number of ether oxygens (including phenoxy) is 5. The number of nitrogens with zero attached hydrogens (tertiary/aromatic N) is 6. The summed E-state index contributed by atoms with van der Waals surface area (Å²) in [4.78, 5) is 50.2. The van der Waals surface area contributed by atoms with E-state index in [9.17, 15) is 19.5 Å². The molecule has 13 atom stereocenters. The molecule has 60 heavy (non-hydrogen) atoms. The number of amides is 1. The van der Waals surface area contributed by atoms with Crippen LogP contribution in [0.25, 0.3) is 11.4 Å². The first-order valence-electron chi connectivity index (χ1n) is 21.6. The van der Waals surface area contributed by atoms with Crippen molar-refractivity contribution in [3.63, 3.8) is 0 Å². The number of aliphatic hydroxyl groups excluding tert-OH is 1. The number of likely N-dealkylation sites (N-methyl/N-ethyl adjacent to an activating group) is 1. The van der Waals surface area contributed by atoms with E-state index in [1.54, 1.807) is 29.7 Å². The molecule has 0 saturated carbocycles. The van der Waals surface area contributed by atoms with Crippen molar-refractivity contribution < 1.29 is 43.2 Å². The van der Waals surface area contributed by atoms with Gasteiger partial charge in [0.25, 0.3) is 0 Å². The topological polar surface area (TPSA) is 206 Å². The Morgan fingerprint density at radius 2 is 1.77 bits per heavy atom. The molecule has 4 N–H and O–H groups in total. The Morgan fingerprint density at radius 1 is 1.05 bits per heavy atom. The number of methoxy groups -OCH3 is 1. The number of cyclic esters (lactones) is 1. The Morgan fingerprint density at radius 3 is 2.43 bits per heavy atom. The number of aromatic nitrogens is 4. The Labute approximate surface area is 355 Å².